The first-order chi connectivity index (χ1) is 11.4. The average molecular weight is 334 g/mol. The Morgan fingerprint density at radius 1 is 1.00 bits per heavy atom. The summed E-state index contributed by atoms with van der Waals surface area (Å²) in [6, 6.07) is 15.4. The lowest BCUT2D eigenvalue weighted by Gasteiger charge is -2.29. The Balaban J connectivity index is 1.71. The van der Waals surface area contributed by atoms with Gasteiger partial charge in [0.1, 0.15) is 5.84 Å². The van der Waals surface area contributed by atoms with E-state index in [0.29, 0.717) is 0 Å². The summed E-state index contributed by atoms with van der Waals surface area (Å²) in [6.45, 7) is 1.03. The van der Waals surface area contributed by atoms with Gasteiger partial charge in [-0.15, -0.1) is 11.3 Å². The van der Waals surface area contributed by atoms with E-state index in [9.17, 15) is 0 Å². The van der Waals surface area contributed by atoms with E-state index in [-0.39, 0.29) is 0 Å². The predicted molar refractivity (Wildman–Crippen MR) is 103 cm³/mol. The van der Waals surface area contributed by atoms with Crippen molar-refractivity contribution >= 4 is 54.9 Å². The second kappa shape index (κ2) is 5.25. The maximum absolute atomic E-state index is 4.68. The molecule has 5 rings (SSSR count). The van der Waals surface area contributed by atoms with Crippen molar-refractivity contribution in [2.75, 3.05) is 12.3 Å². The molecule has 2 aromatic carbocycles. The van der Waals surface area contributed by atoms with Gasteiger partial charge >= 0.3 is 0 Å². The van der Waals surface area contributed by atoms with Crippen molar-refractivity contribution in [3.05, 3.63) is 66.4 Å². The van der Waals surface area contributed by atoms with E-state index < -0.39 is 0 Å². The van der Waals surface area contributed by atoms with E-state index in [2.05, 4.69) is 70.1 Å². The Kier molecular flexibility index (Phi) is 3.06. The minimum Gasteiger partial charge on any atom is -0.331 e. The molecule has 0 unspecified atom stereocenters. The fraction of sp³-hybridized carbons (Fsp3) is 0.105. The number of rotatable bonds is 1. The van der Waals surface area contributed by atoms with E-state index in [1.54, 1.807) is 11.9 Å². The topological polar surface area (TPSA) is 15.6 Å². The number of allylic oxidation sites excluding steroid dienone is 2. The Labute approximate surface area is 143 Å². The second-order valence-corrected chi connectivity index (χ2v) is 7.61. The highest BCUT2D eigenvalue weighted by Crippen LogP contribution is 2.36. The van der Waals surface area contributed by atoms with Crippen LogP contribution in [0.25, 0.3) is 25.7 Å². The van der Waals surface area contributed by atoms with Crippen molar-refractivity contribution < 1.29 is 0 Å². The number of fused-ring (bicyclic) bond motifs is 4. The molecule has 0 spiro atoms. The number of benzene rings is 2. The summed E-state index contributed by atoms with van der Waals surface area (Å²) in [5, 5.41) is 2.69. The summed E-state index contributed by atoms with van der Waals surface area (Å²) in [5.74, 6) is 2.14. The smallest absolute Gasteiger partial charge is 0.148 e. The van der Waals surface area contributed by atoms with Crippen LogP contribution in [-0.2, 0) is 0 Å². The minimum absolute atomic E-state index is 1.03. The van der Waals surface area contributed by atoms with Crippen LogP contribution in [0.3, 0.4) is 0 Å². The van der Waals surface area contributed by atoms with Crippen LogP contribution in [0, 0.1) is 0 Å². The third kappa shape index (κ3) is 2.13. The lowest BCUT2D eigenvalue weighted by atomic mass is 9.99. The minimum atomic E-state index is 1.03. The van der Waals surface area contributed by atoms with Crippen LogP contribution in [0.1, 0.15) is 5.56 Å². The SMILES string of the molecule is C1=CN2CCSN=C2C(c2ccc3sc4ccccc4c3c2)=C1. The molecule has 4 heteroatoms. The highest BCUT2D eigenvalue weighted by molar-refractivity contribution is 7.98. The standard InChI is InChI=1S/C19H14N2S2/c1-2-6-17-15(4-1)16-12-13(7-8-18(16)23-17)14-5-3-9-21-10-11-22-20-19(14)21/h1-9,12H,10-11H2. The van der Waals surface area contributed by atoms with Crippen LogP contribution in [-0.4, -0.2) is 23.0 Å². The number of hydrogen-bond donors (Lipinski definition) is 0. The predicted octanol–water partition coefficient (Wildman–Crippen LogP) is 5.33. The summed E-state index contributed by atoms with van der Waals surface area (Å²) in [4.78, 5) is 2.25. The lowest BCUT2D eigenvalue weighted by Crippen LogP contribution is -2.32. The molecule has 112 valence electrons. The van der Waals surface area contributed by atoms with E-state index in [4.69, 9.17) is 0 Å². The largest absolute Gasteiger partial charge is 0.331 e. The number of nitrogens with zero attached hydrogens (tertiary/aromatic N) is 2. The first-order valence-corrected chi connectivity index (χ1v) is 9.43. The van der Waals surface area contributed by atoms with Gasteiger partial charge in [0, 0.05) is 44.2 Å². The van der Waals surface area contributed by atoms with Crippen molar-refractivity contribution in [2.24, 2.45) is 4.40 Å². The summed E-state index contributed by atoms with van der Waals surface area (Å²) in [5.41, 5.74) is 2.47. The van der Waals surface area contributed by atoms with Gasteiger partial charge in [-0.1, -0.05) is 24.3 Å². The zero-order valence-electron chi connectivity index (χ0n) is 12.4. The molecule has 0 amide bonds. The van der Waals surface area contributed by atoms with Gasteiger partial charge in [-0.25, -0.2) is 0 Å². The van der Waals surface area contributed by atoms with Crippen molar-refractivity contribution in [3.63, 3.8) is 0 Å². The van der Waals surface area contributed by atoms with Crippen LogP contribution in [0.4, 0.5) is 0 Å². The fourth-order valence-corrected chi connectivity index (χ4v) is 4.97. The molecule has 0 fully saturated rings. The van der Waals surface area contributed by atoms with Gasteiger partial charge in [-0.3, -0.25) is 0 Å². The molecule has 0 bridgehead atoms. The van der Waals surface area contributed by atoms with Gasteiger partial charge in [-0.2, -0.15) is 4.40 Å². The van der Waals surface area contributed by atoms with Gasteiger partial charge in [0.05, 0.1) is 0 Å². The first-order valence-electron chi connectivity index (χ1n) is 7.67. The van der Waals surface area contributed by atoms with Gasteiger partial charge in [0.2, 0.25) is 0 Å². The summed E-state index contributed by atoms with van der Waals surface area (Å²) < 4.78 is 7.38. The number of hydrogen-bond acceptors (Lipinski definition) is 4. The molecular weight excluding hydrogens is 320 g/mol. The maximum atomic E-state index is 4.68. The molecule has 0 saturated heterocycles. The zero-order valence-corrected chi connectivity index (χ0v) is 14.0. The lowest BCUT2D eigenvalue weighted by molar-refractivity contribution is 0.594. The molecule has 0 aliphatic carbocycles. The summed E-state index contributed by atoms with van der Waals surface area (Å²) >= 11 is 3.52. The van der Waals surface area contributed by atoms with Crippen LogP contribution >= 0.6 is 23.3 Å². The van der Waals surface area contributed by atoms with E-state index in [0.717, 1.165) is 18.1 Å². The second-order valence-electron chi connectivity index (χ2n) is 5.67. The molecule has 23 heavy (non-hydrogen) atoms. The van der Waals surface area contributed by atoms with Crippen LogP contribution in [0.5, 0.6) is 0 Å². The quantitative estimate of drug-likeness (QED) is 0.559. The van der Waals surface area contributed by atoms with E-state index >= 15 is 0 Å². The van der Waals surface area contributed by atoms with Crippen LogP contribution in [0.2, 0.25) is 0 Å². The molecule has 2 aliphatic heterocycles. The third-order valence-corrected chi connectivity index (χ3v) is 6.12. The van der Waals surface area contributed by atoms with Crippen LogP contribution in [0.15, 0.2) is 65.2 Å². The molecule has 0 N–H and O–H groups in total. The zero-order chi connectivity index (χ0) is 15.2. The highest BCUT2D eigenvalue weighted by Gasteiger charge is 2.21. The molecule has 3 aromatic rings. The normalized spacial score (nSPS) is 17.3. The van der Waals surface area contributed by atoms with Gasteiger partial charge in [0.15, 0.2) is 0 Å². The summed E-state index contributed by atoms with van der Waals surface area (Å²) in [6.07, 6.45) is 6.43. The third-order valence-electron chi connectivity index (χ3n) is 4.30. The van der Waals surface area contributed by atoms with Crippen molar-refractivity contribution in [2.45, 2.75) is 0 Å². The van der Waals surface area contributed by atoms with Crippen molar-refractivity contribution in [1.82, 2.24) is 4.90 Å². The molecule has 2 aliphatic rings. The molecule has 1 aromatic heterocycles. The Hall–Kier alpha value is -2.04. The number of thiophene rings is 1. The fourth-order valence-electron chi connectivity index (χ4n) is 3.19. The Morgan fingerprint density at radius 2 is 1.91 bits per heavy atom. The summed E-state index contributed by atoms with van der Waals surface area (Å²) in [7, 11) is 0. The molecule has 0 atom stereocenters. The van der Waals surface area contributed by atoms with E-state index in [1.165, 1.54) is 31.3 Å². The molecule has 0 radical (unpaired) electrons. The molecule has 3 heterocycles. The van der Waals surface area contributed by atoms with Crippen molar-refractivity contribution in [3.8, 4) is 0 Å². The van der Waals surface area contributed by atoms with E-state index in [1.807, 2.05) is 11.3 Å². The monoisotopic (exact) mass is 334 g/mol. The Bertz CT molecular complexity index is 1010. The average Bonchev–Trinajstić information content (AvgIpc) is 2.99. The molecule has 0 saturated carbocycles. The first kappa shape index (κ1) is 13.4. The number of amidine groups is 1. The highest BCUT2D eigenvalue weighted by atomic mass is 32.2. The van der Waals surface area contributed by atoms with Gasteiger partial charge in [-0.05, 0) is 47.9 Å². The van der Waals surface area contributed by atoms with Crippen LogP contribution < -0.4 is 0 Å². The van der Waals surface area contributed by atoms with Gasteiger partial charge in [0.25, 0.3) is 0 Å². The molecule has 2 nitrogen and oxygen atoms in total. The van der Waals surface area contributed by atoms with Crippen molar-refractivity contribution in [1.29, 1.82) is 0 Å². The molecular formula is C19H14N2S2. The maximum Gasteiger partial charge on any atom is 0.148 e. The Morgan fingerprint density at radius 3 is 2.91 bits per heavy atom. The van der Waals surface area contributed by atoms with Gasteiger partial charge < -0.3 is 4.90 Å².